The van der Waals surface area contributed by atoms with Crippen LogP contribution in [0.2, 0.25) is 0 Å². The van der Waals surface area contributed by atoms with Gasteiger partial charge in [0.05, 0.1) is 11.9 Å². The molecule has 2 rings (SSSR count). The Morgan fingerprint density at radius 2 is 1.74 bits per heavy atom. The van der Waals surface area contributed by atoms with E-state index in [0.29, 0.717) is 6.07 Å². The molecule has 0 atom stereocenters. The van der Waals surface area contributed by atoms with Crippen LogP contribution < -0.4 is 10.6 Å². The van der Waals surface area contributed by atoms with Gasteiger partial charge in [-0.1, -0.05) is 0 Å². The van der Waals surface area contributed by atoms with Crippen LogP contribution in [0.5, 0.6) is 0 Å². The van der Waals surface area contributed by atoms with E-state index in [1.165, 1.54) is 12.4 Å². The highest BCUT2D eigenvalue weighted by molar-refractivity contribution is 6.39. The normalized spacial score (nSPS) is 10.9. The predicted molar refractivity (Wildman–Crippen MR) is 74.0 cm³/mol. The molecule has 2 N–H and O–H groups in total. The summed E-state index contributed by atoms with van der Waals surface area (Å²) in [6, 6.07) is 5.06. The van der Waals surface area contributed by atoms with Crippen LogP contribution in [0.4, 0.5) is 18.9 Å². The van der Waals surface area contributed by atoms with Gasteiger partial charge < -0.3 is 10.6 Å². The molecule has 120 valence electrons. The van der Waals surface area contributed by atoms with E-state index in [9.17, 15) is 22.8 Å². The topological polar surface area (TPSA) is 84.0 Å². The number of hydrogen-bond donors (Lipinski definition) is 2. The maximum atomic E-state index is 12.4. The van der Waals surface area contributed by atoms with Crippen molar-refractivity contribution < 1.29 is 22.8 Å². The molecule has 2 aromatic heterocycles. The summed E-state index contributed by atoms with van der Waals surface area (Å²) < 4.78 is 37.1. The Morgan fingerprint density at radius 1 is 1.04 bits per heavy atom. The van der Waals surface area contributed by atoms with E-state index in [1.54, 1.807) is 12.1 Å². The highest BCUT2D eigenvalue weighted by Crippen LogP contribution is 2.27. The molecule has 0 radical (unpaired) electrons. The fourth-order valence-electron chi connectivity index (χ4n) is 1.59. The van der Waals surface area contributed by atoms with Gasteiger partial charge in [0.1, 0.15) is 5.69 Å². The van der Waals surface area contributed by atoms with Gasteiger partial charge in [0.15, 0.2) is 0 Å². The molecule has 6 nitrogen and oxygen atoms in total. The van der Waals surface area contributed by atoms with Crippen molar-refractivity contribution in [3.05, 3.63) is 54.1 Å². The zero-order valence-corrected chi connectivity index (χ0v) is 11.6. The van der Waals surface area contributed by atoms with Crippen LogP contribution in [0.1, 0.15) is 11.3 Å². The summed E-state index contributed by atoms with van der Waals surface area (Å²) in [7, 11) is 0. The van der Waals surface area contributed by atoms with Gasteiger partial charge >= 0.3 is 18.0 Å². The van der Waals surface area contributed by atoms with Gasteiger partial charge in [0.25, 0.3) is 0 Å². The largest absolute Gasteiger partial charge is 0.433 e. The van der Waals surface area contributed by atoms with Crippen molar-refractivity contribution >= 4 is 17.5 Å². The standard InChI is InChI=1S/C14H11F3N4O2/c15-14(16,17)11-2-1-10(8-19-11)21-13(23)12(22)20-7-9-3-5-18-6-4-9/h1-6,8H,7H2,(H,20,22)(H,21,23). The molecule has 2 aromatic rings. The fourth-order valence-corrected chi connectivity index (χ4v) is 1.59. The van der Waals surface area contributed by atoms with Crippen LogP contribution in [-0.2, 0) is 22.3 Å². The second kappa shape index (κ2) is 6.86. The Kier molecular flexibility index (Phi) is 4.89. The lowest BCUT2D eigenvalue weighted by molar-refractivity contribution is -0.141. The lowest BCUT2D eigenvalue weighted by atomic mass is 10.2. The molecule has 0 unspecified atom stereocenters. The molecule has 2 heterocycles. The summed E-state index contributed by atoms with van der Waals surface area (Å²) >= 11 is 0. The third-order valence-electron chi connectivity index (χ3n) is 2.72. The minimum absolute atomic E-state index is 0.0120. The van der Waals surface area contributed by atoms with Gasteiger partial charge in [-0.25, -0.2) is 4.98 Å². The third kappa shape index (κ3) is 4.77. The summed E-state index contributed by atoms with van der Waals surface area (Å²) in [6.07, 6.45) is -0.661. The fraction of sp³-hybridized carbons (Fsp3) is 0.143. The Labute approximate surface area is 128 Å². The van der Waals surface area contributed by atoms with Crippen LogP contribution in [-0.4, -0.2) is 21.8 Å². The molecule has 0 aliphatic carbocycles. The number of aromatic nitrogens is 2. The van der Waals surface area contributed by atoms with E-state index in [0.717, 1.165) is 17.8 Å². The van der Waals surface area contributed by atoms with Crippen LogP contribution >= 0.6 is 0 Å². The maximum Gasteiger partial charge on any atom is 0.433 e. The van der Waals surface area contributed by atoms with Crippen molar-refractivity contribution in [3.8, 4) is 0 Å². The zero-order chi connectivity index (χ0) is 16.9. The lowest BCUT2D eigenvalue weighted by Crippen LogP contribution is -2.35. The summed E-state index contributed by atoms with van der Waals surface area (Å²) in [4.78, 5) is 30.2. The van der Waals surface area contributed by atoms with Crippen LogP contribution in [0.25, 0.3) is 0 Å². The van der Waals surface area contributed by atoms with E-state index in [-0.39, 0.29) is 12.2 Å². The van der Waals surface area contributed by atoms with Gasteiger partial charge in [-0.3, -0.25) is 14.6 Å². The molecule has 0 aliphatic heterocycles. The summed E-state index contributed by atoms with van der Waals surface area (Å²) in [5.74, 6) is -1.91. The number of halogens is 3. The Bertz CT molecular complexity index is 687. The van der Waals surface area contributed by atoms with Gasteiger partial charge in [-0.05, 0) is 29.8 Å². The van der Waals surface area contributed by atoms with Crippen molar-refractivity contribution in [3.63, 3.8) is 0 Å². The molecule has 0 saturated heterocycles. The molecular weight excluding hydrogens is 313 g/mol. The Hall–Kier alpha value is -2.97. The first-order valence-corrected chi connectivity index (χ1v) is 6.37. The number of nitrogens with zero attached hydrogens (tertiary/aromatic N) is 2. The van der Waals surface area contributed by atoms with E-state index in [1.807, 2.05) is 0 Å². The smallest absolute Gasteiger partial charge is 0.344 e. The quantitative estimate of drug-likeness (QED) is 0.843. The number of carbonyl (C=O) groups excluding carboxylic acids is 2. The number of amides is 2. The molecule has 0 saturated carbocycles. The number of rotatable bonds is 3. The number of hydrogen-bond acceptors (Lipinski definition) is 4. The van der Waals surface area contributed by atoms with Gasteiger partial charge in [-0.15, -0.1) is 0 Å². The van der Waals surface area contributed by atoms with Crippen molar-refractivity contribution in [2.75, 3.05) is 5.32 Å². The second-order valence-corrected chi connectivity index (χ2v) is 4.42. The molecule has 2 amide bonds. The lowest BCUT2D eigenvalue weighted by Gasteiger charge is -2.08. The summed E-state index contributed by atoms with van der Waals surface area (Å²) in [5, 5.41) is 4.54. The van der Waals surface area contributed by atoms with Crippen molar-refractivity contribution in [2.45, 2.75) is 12.7 Å². The Morgan fingerprint density at radius 3 is 2.30 bits per heavy atom. The first-order valence-electron chi connectivity index (χ1n) is 6.37. The van der Waals surface area contributed by atoms with E-state index in [4.69, 9.17) is 0 Å². The summed E-state index contributed by atoms with van der Waals surface area (Å²) in [6.45, 7) is 0.125. The molecular formula is C14H11F3N4O2. The zero-order valence-electron chi connectivity index (χ0n) is 11.6. The monoisotopic (exact) mass is 324 g/mol. The molecule has 0 fully saturated rings. The Balaban J connectivity index is 1.89. The minimum atomic E-state index is -4.57. The van der Waals surface area contributed by atoms with E-state index >= 15 is 0 Å². The van der Waals surface area contributed by atoms with E-state index < -0.39 is 23.7 Å². The average Bonchev–Trinajstić information content (AvgIpc) is 2.53. The highest BCUT2D eigenvalue weighted by Gasteiger charge is 2.32. The molecule has 0 spiro atoms. The molecule has 0 aromatic carbocycles. The van der Waals surface area contributed by atoms with Crippen LogP contribution in [0, 0.1) is 0 Å². The first-order chi connectivity index (χ1) is 10.9. The molecule has 0 aliphatic rings. The SMILES string of the molecule is O=C(NCc1ccncc1)C(=O)Nc1ccc(C(F)(F)F)nc1. The second-order valence-electron chi connectivity index (χ2n) is 4.42. The first kappa shape index (κ1) is 16.4. The predicted octanol–water partition coefficient (Wildman–Crippen LogP) is 1.75. The molecule has 23 heavy (non-hydrogen) atoms. The summed E-state index contributed by atoms with van der Waals surface area (Å²) in [5.41, 5.74) is -0.350. The van der Waals surface area contributed by atoms with Crippen LogP contribution in [0.3, 0.4) is 0 Å². The van der Waals surface area contributed by atoms with Gasteiger partial charge in [0.2, 0.25) is 0 Å². The number of pyridine rings is 2. The van der Waals surface area contributed by atoms with Gasteiger partial charge in [-0.2, -0.15) is 13.2 Å². The molecule has 9 heteroatoms. The molecule has 0 bridgehead atoms. The number of alkyl halides is 3. The number of anilines is 1. The minimum Gasteiger partial charge on any atom is -0.344 e. The average molecular weight is 324 g/mol. The third-order valence-corrected chi connectivity index (χ3v) is 2.72. The van der Waals surface area contributed by atoms with Crippen molar-refractivity contribution in [2.24, 2.45) is 0 Å². The highest BCUT2D eigenvalue weighted by atomic mass is 19.4. The van der Waals surface area contributed by atoms with Crippen LogP contribution in [0.15, 0.2) is 42.9 Å². The van der Waals surface area contributed by atoms with E-state index in [2.05, 4.69) is 20.6 Å². The number of carbonyl (C=O) groups is 2. The van der Waals surface area contributed by atoms with Crippen molar-refractivity contribution in [1.29, 1.82) is 0 Å². The van der Waals surface area contributed by atoms with Crippen molar-refractivity contribution in [1.82, 2.24) is 15.3 Å². The number of nitrogens with one attached hydrogen (secondary N) is 2. The maximum absolute atomic E-state index is 12.4. The van der Waals surface area contributed by atoms with Gasteiger partial charge in [0, 0.05) is 18.9 Å².